The first-order valence-electron chi connectivity index (χ1n) is 6.32. The summed E-state index contributed by atoms with van der Waals surface area (Å²) in [6.45, 7) is 4.45. The molecule has 6 heteroatoms. The highest BCUT2D eigenvalue weighted by Crippen LogP contribution is 2.36. The lowest BCUT2D eigenvalue weighted by molar-refractivity contribution is -0.142. The van der Waals surface area contributed by atoms with Crippen LogP contribution in [0.2, 0.25) is 5.02 Å². The molecule has 0 spiro atoms. The molecule has 5 nitrogen and oxygen atoms in total. The van der Waals surface area contributed by atoms with Gasteiger partial charge in [-0.1, -0.05) is 11.6 Å². The van der Waals surface area contributed by atoms with Crippen molar-refractivity contribution in [3.8, 4) is 11.5 Å². The summed E-state index contributed by atoms with van der Waals surface area (Å²) in [5.74, 6) is 0.191. The maximum absolute atomic E-state index is 10.9. The molecule has 1 rings (SSSR count). The predicted molar refractivity (Wildman–Crippen MR) is 77.7 cm³/mol. The predicted octanol–water partition coefficient (Wildman–Crippen LogP) is 2.65. The van der Waals surface area contributed by atoms with Gasteiger partial charge in [0.15, 0.2) is 11.5 Å². The third kappa shape index (κ3) is 4.02. The zero-order valence-corrected chi connectivity index (χ0v) is 12.9. The number of likely N-dealkylation sites (N-methyl/N-ethyl adjacent to an activating group) is 1. The minimum atomic E-state index is -0.864. The standard InChI is InChI=1S/C14H20ClNO4/c1-5-20-13-11(15)6-10(7-12(13)19-4)8-16(3)9(2)14(17)18/h6-7,9H,5,8H2,1-4H3,(H,17,18). The topological polar surface area (TPSA) is 59.0 Å². The summed E-state index contributed by atoms with van der Waals surface area (Å²) in [6.07, 6.45) is 0. The minimum Gasteiger partial charge on any atom is -0.493 e. The summed E-state index contributed by atoms with van der Waals surface area (Å²) in [5, 5.41) is 9.44. The highest BCUT2D eigenvalue weighted by Gasteiger charge is 2.18. The Morgan fingerprint density at radius 2 is 2.15 bits per heavy atom. The van der Waals surface area contributed by atoms with Gasteiger partial charge in [0, 0.05) is 6.54 Å². The SMILES string of the molecule is CCOc1c(Cl)cc(CN(C)C(C)C(=O)O)cc1OC. The van der Waals surface area contributed by atoms with E-state index in [1.54, 1.807) is 32.0 Å². The average molecular weight is 302 g/mol. The maximum atomic E-state index is 10.9. The first-order chi connectivity index (χ1) is 9.40. The molecule has 0 amide bonds. The Morgan fingerprint density at radius 3 is 2.65 bits per heavy atom. The van der Waals surface area contributed by atoms with E-state index in [0.29, 0.717) is 29.7 Å². The van der Waals surface area contributed by atoms with Crippen LogP contribution in [0.1, 0.15) is 19.4 Å². The van der Waals surface area contributed by atoms with Gasteiger partial charge in [0.25, 0.3) is 0 Å². The van der Waals surface area contributed by atoms with Crippen molar-refractivity contribution in [1.82, 2.24) is 4.90 Å². The Morgan fingerprint density at radius 1 is 1.50 bits per heavy atom. The maximum Gasteiger partial charge on any atom is 0.320 e. The molecule has 0 heterocycles. The molecular formula is C14H20ClNO4. The molecule has 1 unspecified atom stereocenters. The Balaban J connectivity index is 2.97. The smallest absolute Gasteiger partial charge is 0.320 e. The number of hydrogen-bond donors (Lipinski definition) is 1. The van der Waals surface area contributed by atoms with Gasteiger partial charge in [-0.2, -0.15) is 0 Å². The van der Waals surface area contributed by atoms with Crippen LogP contribution in [-0.2, 0) is 11.3 Å². The number of rotatable bonds is 7. The molecule has 0 fully saturated rings. The molecule has 1 N–H and O–H groups in total. The van der Waals surface area contributed by atoms with Crippen molar-refractivity contribution in [2.45, 2.75) is 26.4 Å². The Kier molecular flexibility index (Phi) is 6.10. The number of carboxylic acid groups (broad SMARTS) is 1. The highest BCUT2D eigenvalue weighted by molar-refractivity contribution is 6.32. The van der Waals surface area contributed by atoms with Crippen molar-refractivity contribution >= 4 is 17.6 Å². The molecule has 1 aromatic carbocycles. The zero-order chi connectivity index (χ0) is 15.3. The number of benzene rings is 1. The third-order valence-electron chi connectivity index (χ3n) is 3.03. The van der Waals surface area contributed by atoms with Crippen LogP contribution in [0.4, 0.5) is 0 Å². The molecule has 0 radical (unpaired) electrons. The van der Waals surface area contributed by atoms with E-state index in [9.17, 15) is 4.79 Å². The van der Waals surface area contributed by atoms with Gasteiger partial charge >= 0.3 is 5.97 Å². The lowest BCUT2D eigenvalue weighted by Gasteiger charge is -2.22. The fourth-order valence-corrected chi connectivity index (χ4v) is 2.05. The van der Waals surface area contributed by atoms with Crippen LogP contribution in [0, 0.1) is 0 Å². The normalized spacial score (nSPS) is 12.3. The van der Waals surface area contributed by atoms with Crippen molar-refractivity contribution < 1.29 is 19.4 Å². The highest BCUT2D eigenvalue weighted by atomic mass is 35.5. The lowest BCUT2D eigenvalue weighted by atomic mass is 10.1. The summed E-state index contributed by atoms with van der Waals surface area (Å²) < 4.78 is 10.7. The van der Waals surface area contributed by atoms with Gasteiger partial charge in [0.05, 0.1) is 18.7 Å². The van der Waals surface area contributed by atoms with Gasteiger partial charge in [-0.25, -0.2) is 0 Å². The van der Waals surface area contributed by atoms with Gasteiger partial charge in [-0.15, -0.1) is 0 Å². The number of halogens is 1. The van der Waals surface area contributed by atoms with Gasteiger partial charge in [0.1, 0.15) is 6.04 Å². The minimum absolute atomic E-state index is 0.454. The molecule has 0 aromatic heterocycles. The molecule has 1 aromatic rings. The van der Waals surface area contributed by atoms with E-state index in [-0.39, 0.29) is 0 Å². The Hall–Kier alpha value is -1.46. The first kappa shape index (κ1) is 16.6. The van der Waals surface area contributed by atoms with Gasteiger partial charge in [-0.05, 0) is 38.6 Å². The van der Waals surface area contributed by atoms with Gasteiger partial charge < -0.3 is 14.6 Å². The Bertz CT molecular complexity index is 478. The summed E-state index contributed by atoms with van der Waals surface area (Å²) >= 11 is 6.18. The van der Waals surface area contributed by atoms with Gasteiger partial charge in [0.2, 0.25) is 0 Å². The number of aliphatic carboxylic acids is 1. The fourth-order valence-electron chi connectivity index (χ4n) is 1.76. The Labute approximate surface area is 124 Å². The molecule has 0 aliphatic rings. The van der Waals surface area contributed by atoms with E-state index >= 15 is 0 Å². The summed E-state index contributed by atoms with van der Waals surface area (Å²) in [4.78, 5) is 12.7. The van der Waals surface area contributed by atoms with Crippen LogP contribution in [0.3, 0.4) is 0 Å². The second kappa shape index (κ2) is 7.36. The van der Waals surface area contributed by atoms with Crippen molar-refractivity contribution in [2.75, 3.05) is 20.8 Å². The summed E-state index contributed by atoms with van der Waals surface area (Å²) in [6, 6.07) is 2.99. The summed E-state index contributed by atoms with van der Waals surface area (Å²) in [5.41, 5.74) is 0.867. The second-order valence-corrected chi connectivity index (χ2v) is 4.88. The van der Waals surface area contributed by atoms with Crippen LogP contribution < -0.4 is 9.47 Å². The quantitative estimate of drug-likeness (QED) is 0.839. The lowest BCUT2D eigenvalue weighted by Crippen LogP contribution is -2.35. The second-order valence-electron chi connectivity index (χ2n) is 4.47. The van der Waals surface area contributed by atoms with Crippen molar-refractivity contribution in [3.63, 3.8) is 0 Å². The number of ether oxygens (including phenoxy) is 2. The van der Waals surface area contributed by atoms with E-state index in [0.717, 1.165) is 5.56 Å². The van der Waals surface area contributed by atoms with Crippen molar-refractivity contribution in [1.29, 1.82) is 0 Å². The first-order valence-corrected chi connectivity index (χ1v) is 6.70. The van der Waals surface area contributed by atoms with E-state index in [2.05, 4.69) is 0 Å². The van der Waals surface area contributed by atoms with Crippen LogP contribution in [0.15, 0.2) is 12.1 Å². The molecule has 20 heavy (non-hydrogen) atoms. The van der Waals surface area contributed by atoms with Crippen molar-refractivity contribution in [2.24, 2.45) is 0 Å². The fraction of sp³-hybridized carbons (Fsp3) is 0.500. The molecule has 0 saturated carbocycles. The molecule has 1 atom stereocenters. The molecular weight excluding hydrogens is 282 g/mol. The van der Waals surface area contributed by atoms with E-state index in [4.69, 9.17) is 26.2 Å². The van der Waals surface area contributed by atoms with E-state index < -0.39 is 12.0 Å². The number of nitrogens with zero attached hydrogens (tertiary/aromatic N) is 1. The molecule has 0 aliphatic heterocycles. The number of hydrogen-bond acceptors (Lipinski definition) is 4. The molecule has 0 aliphatic carbocycles. The zero-order valence-electron chi connectivity index (χ0n) is 12.1. The van der Waals surface area contributed by atoms with Crippen LogP contribution in [0.5, 0.6) is 11.5 Å². The molecule has 112 valence electrons. The largest absolute Gasteiger partial charge is 0.493 e. The number of carbonyl (C=O) groups is 1. The number of carboxylic acids is 1. The van der Waals surface area contributed by atoms with Crippen LogP contribution in [-0.4, -0.2) is 42.8 Å². The van der Waals surface area contributed by atoms with E-state index in [1.165, 1.54) is 0 Å². The van der Waals surface area contributed by atoms with Crippen LogP contribution in [0.25, 0.3) is 0 Å². The molecule has 0 bridgehead atoms. The van der Waals surface area contributed by atoms with Gasteiger partial charge in [-0.3, -0.25) is 9.69 Å². The average Bonchev–Trinajstić information content (AvgIpc) is 2.40. The third-order valence-corrected chi connectivity index (χ3v) is 3.31. The van der Waals surface area contributed by atoms with Crippen LogP contribution >= 0.6 is 11.6 Å². The monoisotopic (exact) mass is 301 g/mol. The van der Waals surface area contributed by atoms with E-state index in [1.807, 2.05) is 13.0 Å². The number of methoxy groups -OCH3 is 1. The summed E-state index contributed by atoms with van der Waals surface area (Å²) in [7, 11) is 3.29. The molecule has 0 saturated heterocycles. The van der Waals surface area contributed by atoms with Crippen molar-refractivity contribution in [3.05, 3.63) is 22.7 Å².